The third-order valence-corrected chi connectivity index (χ3v) is 8.76. The fraction of sp³-hybridized carbons (Fsp3) is 0.333. The molecule has 0 amide bonds. The fourth-order valence-electron chi connectivity index (χ4n) is 5.37. The van der Waals surface area contributed by atoms with Crippen LogP contribution < -0.4 is 0 Å². The Morgan fingerprint density at radius 1 is 0.317 bits per heavy atom. The highest BCUT2D eigenvalue weighted by atomic mass is 16.5. The van der Waals surface area contributed by atoms with Crippen molar-refractivity contribution in [3.63, 3.8) is 0 Å². The van der Waals surface area contributed by atoms with E-state index >= 15 is 0 Å². The number of hydrogen-bond acceptors (Lipinski definition) is 12. The van der Waals surface area contributed by atoms with Crippen LogP contribution in [-0.4, -0.2) is 73.4 Å². The molecule has 0 heterocycles. The van der Waals surface area contributed by atoms with Crippen LogP contribution >= 0.6 is 0 Å². The van der Waals surface area contributed by atoms with Crippen LogP contribution in [0, 0.1) is 23.7 Å². The van der Waals surface area contributed by atoms with Crippen LogP contribution in [0.3, 0.4) is 0 Å². The molecule has 316 valence electrons. The number of benzene rings is 4. The molecule has 60 heavy (non-hydrogen) atoms. The van der Waals surface area contributed by atoms with Crippen molar-refractivity contribution in [1.29, 1.82) is 0 Å². The Morgan fingerprint density at radius 2 is 0.483 bits per heavy atom. The van der Waals surface area contributed by atoms with Crippen LogP contribution in [0.2, 0.25) is 0 Å². The Hall–Kier alpha value is -6.56. The molecule has 0 aliphatic rings. The second-order valence-electron chi connectivity index (χ2n) is 14.9. The standard InChI is InChI=1S/2C24H26O6/c2*1-15(2)23(27)29-13-21(25)19-11-7-5-9-17(19)18-10-6-8-12-20(18)22(26)14-30-24(28)16(3)4/h2*5-12,15-16H,13-14H2,1-4H3. The van der Waals surface area contributed by atoms with Gasteiger partial charge in [0.05, 0.1) is 23.7 Å². The van der Waals surface area contributed by atoms with Gasteiger partial charge in [0.25, 0.3) is 0 Å². The summed E-state index contributed by atoms with van der Waals surface area (Å²) in [5.41, 5.74) is 3.54. The van der Waals surface area contributed by atoms with Gasteiger partial charge < -0.3 is 18.9 Å². The van der Waals surface area contributed by atoms with Gasteiger partial charge in [-0.05, 0) is 22.3 Å². The van der Waals surface area contributed by atoms with E-state index in [9.17, 15) is 38.4 Å². The van der Waals surface area contributed by atoms with E-state index < -0.39 is 23.9 Å². The fourth-order valence-corrected chi connectivity index (χ4v) is 5.37. The summed E-state index contributed by atoms with van der Waals surface area (Å²) in [6.07, 6.45) is 0. The SMILES string of the molecule is CC(C)C(=O)OCC(=O)c1ccccc1-c1ccccc1C(=O)COC(=O)C(C)C.CC(C)C(=O)OCC(=O)c1ccccc1-c1ccccc1C(=O)COC(=O)C(C)C. The van der Waals surface area contributed by atoms with Crippen LogP contribution in [0.4, 0.5) is 0 Å². The zero-order chi connectivity index (χ0) is 44.5. The lowest BCUT2D eigenvalue weighted by Crippen LogP contribution is -2.19. The van der Waals surface area contributed by atoms with E-state index in [2.05, 4.69) is 0 Å². The molecule has 4 aromatic carbocycles. The molecule has 0 unspecified atom stereocenters. The summed E-state index contributed by atoms with van der Waals surface area (Å²) < 4.78 is 20.3. The number of esters is 4. The lowest BCUT2D eigenvalue weighted by Gasteiger charge is -2.14. The quantitative estimate of drug-likeness (QED) is 0.0535. The molecule has 0 aliphatic carbocycles. The average Bonchev–Trinajstić information content (AvgIpc) is 3.25. The minimum absolute atomic E-state index is 0.333. The van der Waals surface area contributed by atoms with E-state index in [0.29, 0.717) is 44.5 Å². The summed E-state index contributed by atoms with van der Waals surface area (Å²) in [4.78, 5) is 97.6. The normalized spacial score (nSPS) is 10.7. The van der Waals surface area contributed by atoms with Gasteiger partial charge in [0.2, 0.25) is 23.1 Å². The van der Waals surface area contributed by atoms with E-state index in [1.165, 1.54) is 0 Å². The molecule has 0 atom stereocenters. The first-order valence-corrected chi connectivity index (χ1v) is 19.6. The van der Waals surface area contributed by atoms with E-state index in [1.54, 1.807) is 152 Å². The zero-order valence-electron chi connectivity index (χ0n) is 35.3. The summed E-state index contributed by atoms with van der Waals surface area (Å²) in [5, 5.41) is 0. The van der Waals surface area contributed by atoms with Crippen LogP contribution in [0.25, 0.3) is 22.3 Å². The van der Waals surface area contributed by atoms with Gasteiger partial charge in [-0.15, -0.1) is 0 Å². The second kappa shape index (κ2) is 23.1. The number of carbonyl (C=O) groups excluding carboxylic acids is 8. The molecule has 4 rings (SSSR count). The highest BCUT2D eigenvalue weighted by molar-refractivity contribution is 6.10. The molecule has 0 spiro atoms. The average molecular weight is 821 g/mol. The molecule has 0 radical (unpaired) electrons. The van der Waals surface area contributed by atoms with E-state index in [1.807, 2.05) is 0 Å². The molecular weight excluding hydrogens is 769 g/mol. The summed E-state index contributed by atoms with van der Waals surface area (Å²) in [7, 11) is 0. The minimum Gasteiger partial charge on any atom is -0.457 e. The molecule has 0 saturated heterocycles. The van der Waals surface area contributed by atoms with Gasteiger partial charge in [-0.1, -0.05) is 152 Å². The molecule has 0 N–H and O–H groups in total. The zero-order valence-corrected chi connectivity index (χ0v) is 35.3. The summed E-state index contributed by atoms with van der Waals surface area (Å²) in [5.74, 6) is -4.62. The first kappa shape index (κ1) is 47.8. The van der Waals surface area contributed by atoms with Crippen LogP contribution in [0.1, 0.15) is 96.8 Å². The van der Waals surface area contributed by atoms with Gasteiger partial charge in [0.1, 0.15) is 0 Å². The Balaban J connectivity index is 0.000000320. The summed E-state index contributed by atoms with van der Waals surface area (Å²) in [6, 6.07) is 27.2. The highest BCUT2D eigenvalue weighted by Gasteiger charge is 2.23. The van der Waals surface area contributed by atoms with Crippen molar-refractivity contribution in [2.24, 2.45) is 23.7 Å². The van der Waals surface area contributed by atoms with Crippen molar-refractivity contribution in [3.05, 3.63) is 119 Å². The number of ether oxygens (including phenoxy) is 4. The monoisotopic (exact) mass is 820 g/mol. The molecule has 12 nitrogen and oxygen atoms in total. The maximum Gasteiger partial charge on any atom is 0.308 e. The molecule has 0 aliphatic heterocycles. The second-order valence-corrected chi connectivity index (χ2v) is 14.9. The van der Waals surface area contributed by atoms with Crippen LogP contribution in [-0.2, 0) is 38.1 Å². The summed E-state index contributed by atoms with van der Waals surface area (Å²) >= 11 is 0. The molecule has 0 bridgehead atoms. The number of hydrogen-bond donors (Lipinski definition) is 0. The van der Waals surface area contributed by atoms with Crippen molar-refractivity contribution in [2.75, 3.05) is 26.4 Å². The molecule has 0 fully saturated rings. The smallest absolute Gasteiger partial charge is 0.308 e. The summed E-state index contributed by atoms with van der Waals surface area (Å²) in [6.45, 7) is 12.0. The first-order valence-electron chi connectivity index (χ1n) is 19.6. The number of ketones is 4. The predicted octanol–water partition coefficient (Wildman–Crippen LogP) is 8.23. The van der Waals surface area contributed by atoms with Gasteiger partial charge in [-0.3, -0.25) is 38.4 Å². The van der Waals surface area contributed by atoms with E-state index in [-0.39, 0.29) is 73.2 Å². The van der Waals surface area contributed by atoms with Crippen LogP contribution in [0.5, 0.6) is 0 Å². The Labute approximate surface area is 350 Å². The van der Waals surface area contributed by atoms with Crippen molar-refractivity contribution < 1.29 is 57.3 Å². The first-order chi connectivity index (χ1) is 28.4. The van der Waals surface area contributed by atoms with Gasteiger partial charge in [0, 0.05) is 22.3 Å². The maximum absolute atomic E-state index is 12.7. The molecular formula is C48H52O12. The van der Waals surface area contributed by atoms with Crippen LogP contribution in [0.15, 0.2) is 97.1 Å². The molecule has 0 aromatic heterocycles. The Morgan fingerprint density at radius 3 is 0.650 bits per heavy atom. The lowest BCUT2D eigenvalue weighted by molar-refractivity contribution is -0.146. The minimum atomic E-state index is -0.455. The van der Waals surface area contributed by atoms with E-state index in [4.69, 9.17) is 18.9 Å². The van der Waals surface area contributed by atoms with Gasteiger partial charge in [0.15, 0.2) is 26.4 Å². The van der Waals surface area contributed by atoms with Gasteiger partial charge in [-0.25, -0.2) is 0 Å². The van der Waals surface area contributed by atoms with Crippen molar-refractivity contribution >= 4 is 47.0 Å². The predicted molar refractivity (Wildman–Crippen MR) is 224 cm³/mol. The van der Waals surface area contributed by atoms with Crippen molar-refractivity contribution in [2.45, 2.75) is 55.4 Å². The number of Topliss-reactive ketones (excluding diaryl/α,β-unsaturated/α-hetero) is 4. The van der Waals surface area contributed by atoms with Crippen molar-refractivity contribution in [1.82, 2.24) is 0 Å². The van der Waals surface area contributed by atoms with Crippen molar-refractivity contribution in [3.8, 4) is 22.3 Å². The molecule has 4 aromatic rings. The highest BCUT2D eigenvalue weighted by Crippen LogP contribution is 2.30. The lowest BCUT2D eigenvalue weighted by atomic mass is 9.92. The third-order valence-electron chi connectivity index (χ3n) is 8.76. The van der Waals surface area contributed by atoms with Gasteiger partial charge in [-0.2, -0.15) is 0 Å². The topological polar surface area (TPSA) is 173 Å². The number of rotatable bonds is 18. The third kappa shape index (κ3) is 13.8. The number of carbonyl (C=O) groups is 8. The molecule has 0 saturated carbocycles. The van der Waals surface area contributed by atoms with E-state index in [0.717, 1.165) is 0 Å². The van der Waals surface area contributed by atoms with Gasteiger partial charge >= 0.3 is 23.9 Å². The Kier molecular flexibility index (Phi) is 18.4. The Bertz CT molecular complexity index is 1880. The molecule has 12 heteroatoms. The largest absolute Gasteiger partial charge is 0.457 e. The maximum atomic E-state index is 12.7.